The number of para-hydroxylation sites is 2. The molecule has 0 bridgehead atoms. The van der Waals surface area contributed by atoms with Gasteiger partial charge in [-0.15, -0.1) is 0 Å². The van der Waals surface area contributed by atoms with Crippen LogP contribution in [0.3, 0.4) is 0 Å². The van der Waals surface area contributed by atoms with Crippen molar-refractivity contribution in [2.75, 3.05) is 18.4 Å². The number of nitrogens with one attached hydrogen (secondary N) is 2. The molecule has 0 fully saturated rings. The first-order valence-electron chi connectivity index (χ1n) is 8.05. The maximum absolute atomic E-state index is 12.8. The van der Waals surface area contributed by atoms with Gasteiger partial charge < -0.3 is 15.4 Å². The normalized spacial score (nSPS) is 10.5. The fourth-order valence-electron chi connectivity index (χ4n) is 2.20. The molecule has 0 atom stereocenters. The van der Waals surface area contributed by atoms with E-state index < -0.39 is 0 Å². The third-order valence-electron chi connectivity index (χ3n) is 3.34. The predicted octanol–water partition coefficient (Wildman–Crippen LogP) is 3.38. The van der Waals surface area contributed by atoms with Crippen molar-refractivity contribution in [2.45, 2.75) is 26.4 Å². The molecule has 0 aliphatic heterocycles. The van der Waals surface area contributed by atoms with E-state index in [1.54, 1.807) is 12.1 Å². The van der Waals surface area contributed by atoms with Gasteiger partial charge in [0, 0.05) is 6.54 Å². The van der Waals surface area contributed by atoms with Crippen LogP contribution in [-0.4, -0.2) is 25.1 Å². The number of hydrogen-bond acceptors (Lipinski definition) is 3. The summed E-state index contributed by atoms with van der Waals surface area (Å²) in [4.78, 5) is 11.9. The summed E-state index contributed by atoms with van der Waals surface area (Å²) < 4.78 is 18.5. The van der Waals surface area contributed by atoms with Gasteiger partial charge in [0.15, 0.2) is 0 Å². The maximum Gasteiger partial charge on any atom is 0.239 e. The quantitative estimate of drug-likeness (QED) is 0.780. The average Bonchev–Trinajstić information content (AvgIpc) is 2.55. The smallest absolute Gasteiger partial charge is 0.239 e. The highest BCUT2D eigenvalue weighted by atomic mass is 19.1. The van der Waals surface area contributed by atoms with Crippen LogP contribution in [0.1, 0.15) is 19.4 Å². The first-order chi connectivity index (χ1) is 11.5. The number of rotatable bonds is 8. The molecular weight excluding hydrogens is 307 g/mol. The van der Waals surface area contributed by atoms with Gasteiger partial charge in [0.25, 0.3) is 0 Å². The highest BCUT2D eigenvalue weighted by Gasteiger charge is 2.07. The minimum absolute atomic E-state index is 0.0671. The summed E-state index contributed by atoms with van der Waals surface area (Å²) >= 11 is 0. The lowest BCUT2D eigenvalue weighted by molar-refractivity contribution is -0.119. The van der Waals surface area contributed by atoms with Gasteiger partial charge in [-0.25, -0.2) is 4.39 Å². The standard InChI is InChI=1S/C19H23FN2O2/c1-14(2)24-18-6-4-3-5-17(18)22-13-19(23)21-12-11-15-7-9-16(20)10-8-15/h3-10,14,22H,11-13H2,1-2H3,(H,21,23). The van der Waals surface area contributed by atoms with E-state index in [4.69, 9.17) is 4.74 Å². The zero-order chi connectivity index (χ0) is 17.4. The molecule has 0 saturated heterocycles. The molecule has 0 unspecified atom stereocenters. The topological polar surface area (TPSA) is 50.4 Å². The van der Waals surface area contributed by atoms with Crippen LogP contribution >= 0.6 is 0 Å². The number of halogens is 1. The lowest BCUT2D eigenvalue weighted by Crippen LogP contribution is -2.31. The highest BCUT2D eigenvalue weighted by molar-refractivity contribution is 5.81. The van der Waals surface area contributed by atoms with Gasteiger partial charge in [0.2, 0.25) is 5.91 Å². The molecule has 2 aromatic carbocycles. The van der Waals surface area contributed by atoms with E-state index in [9.17, 15) is 9.18 Å². The van der Waals surface area contributed by atoms with E-state index in [0.29, 0.717) is 13.0 Å². The second-order valence-corrected chi connectivity index (χ2v) is 5.74. The van der Waals surface area contributed by atoms with E-state index in [-0.39, 0.29) is 24.4 Å². The molecule has 0 heterocycles. The van der Waals surface area contributed by atoms with Crippen molar-refractivity contribution in [1.82, 2.24) is 5.32 Å². The van der Waals surface area contributed by atoms with E-state index >= 15 is 0 Å². The van der Waals surface area contributed by atoms with Gasteiger partial charge in [-0.2, -0.15) is 0 Å². The second kappa shape index (κ2) is 8.91. The summed E-state index contributed by atoms with van der Waals surface area (Å²) in [6, 6.07) is 13.8. The molecular formula is C19H23FN2O2. The maximum atomic E-state index is 12.8. The summed E-state index contributed by atoms with van der Waals surface area (Å²) in [6.45, 7) is 4.59. The van der Waals surface area contributed by atoms with Gasteiger partial charge in [-0.05, 0) is 50.1 Å². The number of carbonyl (C=O) groups is 1. The highest BCUT2D eigenvalue weighted by Crippen LogP contribution is 2.24. The Labute approximate surface area is 142 Å². The largest absolute Gasteiger partial charge is 0.489 e. The molecule has 4 nitrogen and oxygen atoms in total. The SMILES string of the molecule is CC(C)Oc1ccccc1NCC(=O)NCCc1ccc(F)cc1. The lowest BCUT2D eigenvalue weighted by atomic mass is 10.1. The first-order valence-corrected chi connectivity index (χ1v) is 8.05. The first kappa shape index (κ1) is 17.8. The molecule has 1 amide bonds. The monoisotopic (exact) mass is 330 g/mol. The van der Waals surface area contributed by atoms with Crippen LogP contribution in [0.5, 0.6) is 5.75 Å². The van der Waals surface area contributed by atoms with Crippen LogP contribution < -0.4 is 15.4 Å². The molecule has 0 saturated carbocycles. The zero-order valence-electron chi connectivity index (χ0n) is 14.0. The van der Waals surface area contributed by atoms with Gasteiger partial charge >= 0.3 is 0 Å². The van der Waals surface area contributed by atoms with Crippen LogP contribution in [0, 0.1) is 5.82 Å². The van der Waals surface area contributed by atoms with Crippen molar-refractivity contribution >= 4 is 11.6 Å². The van der Waals surface area contributed by atoms with Crippen LogP contribution in [0.15, 0.2) is 48.5 Å². The van der Waals surface area contributed by atoms with Crippen molar-refractivity contribution in [3.63, 3.8) is 0 Å². The number of amides is 1. The van der Waals surface area contributed by atoms with E-state index in [1.165, 1.54) is 12.1 Å². The average molecular weight is 330 g/mol. The molecule has 5 heteroatoms. The van der Waals surface area contributed by atoms with E-state index in [1.807, 2.05) is 38.1 Å². The van der Waals surface area contributed by atoms with E-state index in [0.717, 1.165) is 17.0 Å². The molecule has 0 aromatic heterocycles. The van der Waals surface area contributed by atoms with Gasteiger partial charge in [0.1, 0.15) is 11.6 Å². The summed E-state index contributed by atoms with van der Waals surface area (Å²) in [7, 11) is 0. The Balaban J connectivity index is 1.76. The number of hydrogen-bond donors (Lipinski definition) is 2. The van der Waals surface area contributed by atoms with Crippen LogP contribution in [0.4, 0.5) is 10.1 Å². The summed E-state index contributed by atoms with van der Waals surface area (Å²) in [5.74, 6) is 0.373. The summed E-state index contributed by atoms with van der Waals surface area (Å²) in [5.41, 5.74) is 1.78. The van der Waals surface area contributed by atoms with Crippen molar-refractivity contribution in [2.24, 2.45) is 0 Å². The Morgan fingerprint density at radius 2 is 1.83 bits per heavy atom. The molecule has 2 aromatic rings. The molecule has 128 valence electrons. The molecule has 24 heavy (non-hydrogen) atoms. The van der Waals surface area contributed by atoms with E-state index in [2.05, 4.69) is 10.6 Å². The second-order valence-electron chi connectivity index (χ2n) is 5.74. The molecule has 2 N–H and O–H groups in total. The Hall–Kier alpha value is -2.56. The Bertz CT molecular complexity index is 657. The molecule has 2 rings (SSSR count). The predicted molar refractivity (Wildman–Crippen MR) is 93.8 cm³/mol. The summed E-state index contributed by atoms with van der Waals surface area (Å²) in [6.07, 6.45) is 0.733. The van der Waals surface area contributed by atoms with Gasteiger partial charge in [-0.3, -0.25) is 4.79 Å². The number of ether oxygens (including phenoxy) is 1. The molecule has 0 spiro atoms. The van der Waals surface area contributed by atoms with Crippen molar-refractivity contribution in [3.05, 3.63) is 59.9 Å². The Morgan fingerprint density at radius 1 is 1.12 bits per heavy atom. The van der Waals surface area contributed by atoms with Crippen LogP contribution in [0.2, 0.25) is 0 Å². The van der Waals surface area contributed by atoms with Crippen molar-refractivity contribution in [1.29, 1.82) is 0 Å². The Morgan fingerprint density at radius 3 is 2.54 bits per heavy atom. The van der Waals surface area contributed by atoms with Crippen molar-refractivity contribution < 1.29 is 13.9 Å². The van der Waals surface area contributed by atoms with Gasteiger partial charge in [0.05, 0.1) is 18.3 Å². The summed E-state index contributed by atoms with van der Waals surface area (Å²) in [5, 5.41) is 5.93. The molecule has 0 radical (unpaired) electrons. The van der Waals surface area contributed by atoms with Crippen molar-refractivity contribution in [3.8, 4) is 5.75 Å². The Kier molecular flexibility index (Phi) is 6.61. The minimum atomic E-state index is -0.255. The zero-order valence-corrected chi connectivity index (χ0v) is 14.0. The molecule has 0 aliphatic rings. The third-order valence-corrected chi connectivity index (χ3v) is 3.34. The number of benzene rings is 2. The number of anilines is 1. The van der Waals surface area contributed by atoms with Gasteiger partial charge in [-0.1, -0.05) is 24.3 Å². The fourth-order valence-corrected chi connectivity index (χ4v) is 2.20. The van der Waals surface area contributed by atoms with Crippen LogP contribution in [0.25, 0.3) is 0 Å². The molecule has 0 aliphatic carbocycles. The minimum Gasteiger partial charge on any atom is -0.489 e. The fraction of sp³-hybridized carbons (Fsp3) is 0.316. The van der Waals surface area contributed by atoms with Crippen LogP contribution in [-0.2, 0) is 11.2 Å². The third kappa shape index (κ3) is 5.91. The lowest BCUT2D eigenvalue weighted by Gasteiger charge is -2.15. The number of carbonyl (C=O) groups excluding carboxylic acids is 1.